The highest BCUT2D eigenvalue weighted by Gasteiger charge is 2.23. The topological polar surface area (TPSA) is 47.6 Å². The van der Waals surface area contributed by atoms with Crippen LogP contribution in [0.3, 0.4) is 0 Å². The number of hydrogen-bond acceptors (Lipinski definition) is 3. The molecule has 5 heteroatoms. The van der Waals surface area contributed by atoms with Gasteiger partial charge in [-0.05, 0) is 47.8 Å². The van der Waals surface area contributed by atoms with E-state index in [4.69, 9.17) is 9.47 Å². The third-order valence-electron chi connectivity index (χ3n) is 2.95. The molecule has 19 heavy (non-hydrogen) atoms. The molecule has 0 saturated carbocycles. The molecule has 0 aromatic heterocycles. The minimum Gasteiger partial charge on any atom is -0.488 e. The number of rotatable bonds is 5. The van der Waals surface area contributed by atoms with E-state index in [1.807, 2.05) is 31.2 Å². The summed E-state index contributed by atoms with van der Waals surface area (Å²) in [6.07, 6.45) is 1.39. The number of para-hydroxylation sites is 1. The van der Waals surface area contributed by atoms with Crippen molar-refractivity contribution in [3.05, 3.63) is 28.7 Å². The Morgan fingerprint density at radius 1 is 1.58 bits per heavy atom. The van der Waals surface area contributed by atoms with Gasteiger partial charge in [0, 0.05) is 6.61 Å². The monoisotopic (exact) mass is 327 g/mol. The largest absolute Gasteiger partial charge is 0.488 e. The lowest BCUT2D eigenvalue weighted by Crippen LogP contribution is -2.39. The molecule has 2 atom stereocenters. The Bertz CT molecular complexity index is 432. The van der Waals surface area contributed by atoms with Crippen LogP contribution in [0.15, 0.2) is 28.7 Å². The number of carbonyl (C=O) groups excluding carboxylic acids is 1. The van der Waals surface area contributed by atoms with Crippen molar-refractivity contribution in [1.29, 1.82) is 0 Å². The van der Waals surface area contributed by atoms with Crippen LogP contribution < -0.4 is 10.1 Å². The molecule has 0 unspecified atom stereocenters. The molecule has 1 aliphatic rings. The van der Waals surface area contributed by atoms with Crippen LogP contribution in [-0.4, -0.2) is 31.3 Å². The highest BCUT2D eigenvalue weighted by atomic mass is 79.9. The van der Waals surface area contributed by atoms with Crippen molar-refractivity contribution in [2.75, 3.05) is 13.2 Å². The Labute approximate surface area is 121 Å². The molecule has 0 radical (unpaired) electrons. The SMILES string of the molecule is C[C@@H](CNC(=O)[C@H]1CCCO1)Oc1ccccc1Br. The van der Waals surface area contributed by atoms with Crippen LogP contribution in [0, 0.1) is 0 Å². The fourth-order valence-electron chi connectivity index (χ4n) is 1.94. The second kappa shape index (κ2) is 6.91. The molecule has 1 aromatic carbocycles. The highest BCUT2D eigenvalue weighted by molar-refractivity contribution is 9.10. The van der Waals surface area contributed by atoms with Crippen molar-refractivity contribution in [1.82, 2.24) is 5.32 Å². The van der Waals surface area contributed by atoms with E-state index in [-0.39, 0.29) is 18.1 Å². The van der Waals surface area contributed by atoms with Gasteiger partial charge in [0.2, 0.25) is 5.91 Å². The van der Waals surface area contributed by atoms with Crippen LogP contribution in [0.1, 0.15) is 19.8 Å². The molecule has 104 valence electrons. The predicted octanol–water partition coefficient (Wildman–Crippen LogP) is 2.51. The molecule has 2 rings (SSSR count). The maximum absolute atomic E-state index is 11.8. The first kappa shape index (κ1) is 14.3. The zero-order chi connectivity index (χ0) is 13.7. The lowest BCUT2D eigenvalue weighted by molar-refractivity contribution is -0.130. The van der Waals surface area contributed by atoms with Gasteiger partial charge in [0.05, 0.1) is 11.0 Å². The standard InChI is InChI=1S/C14H18BrNO3/c1-10(19-12-6-3-2-5-11(12)15)9-16-14(17)13-7-4-8-18-13/h2-3,5-6,10,13H,4,7-9H2,1H3,(H,16,17)/t10-,13+/m0/s1. The number of hydrogen-bond donors (Lipinski definition) is 1. The van der Waals surface area contributed by atoms with Gasteiger partial charge < -0.3 is 14.8 Å². The zero-order valence-corrected chi connectivity index (χ0v) is 12.5. The van der Waals surface area contributed by atoms with Gasteiger partial charge in [0.1, 0.15) is 18.0 Å². The minimum atomic E-state index is -0.282. The number of carbonyl (C=O) groups is 1. The maximum Gasteiger partial charge on any atom is 0.249 e. The third-order valence-corrected chi connectivity index (χ3v) is 3.61. The van der Waals surface area contributed by atoms with E-state index in [1.54, 1.807) is 0 Å². The fourth-order valence-corrected chi connectivity index (χ4v) is 2.32. The van der Waals surface area contributed by atoms with Crippen molar-refractivity contribution in [3.8, 4) is 5.75 Å². The molecule has 1 aromatic rings. The average molecular weight is 328 g/mol. The summed E-state index contributed by atoms with van der Waals surface area (Å²) in [6.45, 7) is 3.08. The zero-order valence-electron chi connectivity index (χ0n) is 10.9. The van der Waals surface area contributed by atoms with Gasteiger partial charge in [-0.25, -0.2) is 0 Å². The summed E-state index contributed by atoms with van der Waals surface area (Å²) < 4.78 is 12.0. The summed E-state index contributed by atoms with van der Waals surface area (Å²) in [5, 5.41) is 2.86. The predicted molar refractivity (Wildman–Crippen MR) is 76.2 cm³/mol. The van der Waals surface area contributed by atoms with Gasteiger partial charge in [-0.2, -0.15) is 0 Å². The van der Waals surface area contributed by atoms with Gasteiger partial charge >= 0.3 is 0 Å². The molecule has 1 fully saturated rings. The summed E-state index contributed by atoms with van der Waals surface area (Å²) in [4.78, 5) is 11.8. The molecule has 1 amide bonds. The van der Waals surface area contributed by atoms with Crippen molar-refractivity contribution in [2.24, 2.45) is 0 Å². The van der Waals surface area contributed by atoms with E-state index in [0.717, 1.165) is 23.1 Å². The molecule has 1 N–H and O–H groups in total. The van der Waals surface area contributed by atoms with E-state index < -0.39 is 0 Å². The molecule has 0 bridgehead atoms. The smallest absolute Gasteiger partial charge is 0.249 e. The van der Waals surface area contributed by atoms with E-state index in [0.29, 0.717) is 13.2 Å². The van der Waals surface area contributed by atoms with E-state index in [1.165, 1.54) is 0 Å². The van der Waals surface area contributed by atoms with Gasteiger partial charge in [-0.15, -0.1) is 0 Å². The number of benzene rings is 1. The van der Waals surface area contributed by atoms with Crippen LogP contribution in [-0.2, 0) is 9.53 Å². The second-order valence-corrected chi connectivity index (χ2v) is 5.46. The Balaban J connectivity index is 1.76. The number of halogens is 1. The van der Waals surface area contributed by atoms with Crippen LogP contribution >= 0.6 is 15.9 Å². The first-order valence-corrected chi connectivity index (χ1v) is 7.26. The Morgan fingerprint density at radius 2 is 2.37 bits per heavy atom. The fraction of sp³-hybridized carbons (Fsp3) is 0.500. The van der Waals surface area contributed by atoms with Crippen molar-refractivity contribution < 1.29 is 14.3 Å². The second-order valence-electron chi connectivity index (χ2n) is 4.61. The van der Waals surface area contributed by atoms with Crippen molar-refractivity contribution in [3.63, 3.8) is 0 Å². The molecule has 1 saturated heterocycles. The van der Waals surface area contributed by atoms with Gasteiger partial charge in [0.25, 0.3) is 0 Å². The van der Waals surface area contributed by atoms with Crippen LogP contribution in [0.5, 0.6) is 5.75 Å². The summed E-state index contributed by atoms with van der Waals surface area (Å²) in [5.74, 6) is 0.737. The summed E-state index contributed by atoms with van der Waals surface area (Å²) >= 11 is 3.43. The first-order chi connectivity index (χ1) is 9.16. The lowest BCUT2D eigenvalue weighted by Gasteiger charge is -2.17. The molecule has 1 aliphatic heterocycles. The Morgan fingerprint density at radius 3 is 3.05 bits per heavy atom. The summed E-state index contributed by atoms with van der Waals surface area (Å²) in [6, 6.07) is 7.66. The summed E-state index contributed by atoms with van der Waals surface area (Å²) in [5.41, 5.74) is 0. The lowest BCUT2D eigenvalue weighted by atomic mass is 10.2. The Hall–Kier alpha value is -1.07. The molecular weight excluding hydrogens is 310 g/mol. The van der Waals surface area contributed by atoms with Crippen molar-refractivity contribution in [2.45, 2.75) is 32.0 Å². The highest BCUT2D eigenvalue weighted by Crippen LogP contribution is 2.24. The van der Waals surface area contributed by atoms with E-state index >= 15 is 0 Å². The first-order valence-electron chi connectivity index (χ1n) is 6.47. The van der Waals surface area contributed by atoms with Crippen molar-refractivity contribution >= 4 is 21.8 Å². The third kappa shape index (κ3) is 4.21. The molecule has 0 spiro atoms. The average Bonchev–Trinajstić information content (AvgIpc) is 2.93. The molecule has 4 nitrogen and oxygen atoms in total. The van der Waals surface area contributed by atoms with Crippen LogP contribution in [0.2, 0.25) is 0 Å². The van der Waals surface area contributed by atoms with Crippen LogP contribution in [0.25, 0.3) is 0 Å². The Kier molecular flexibility index (Phi) is 5.22. The van der Waals surface area contributed by atoms with E-state index in [9.17, 15) is 4.79 Å². The molecule has 0 aliphatic carbocycles. The molecule has 1 heterocycles. The van der Waals surface area contributed by atoms with Crippen LogP contribution in [0.4, 0.5) is 0 Å². The van der Waals surface area contributed by atoms with Gasteiger partial charge in [-0.3, -0.25) is 4.79 Å². The quantitative estimate of drug-likeness (QED) is 0.903. The van der Waals surface area contributed by atoms with Gasteiger partial charge in [-0.1, -0.05) is 12.1 Å². The number of nitrogens with one attached hydrogen (secondary N) is 1. The minimum absolute atomic E-state index is 0.0416. The van der Waals surface area contributed by atoms with Gasteiger partial charge in [0.15, 0.2) is 0 Å². The maximum atomic E-state index is 11.8. The van der Waals surface area contributed by atoms with E-state index in [2.05, 4.69) is 21.2 Å². The summed E-state index contributed by atoms with van der Waals surface area (Å²) in [7, 11) is 0. The normalized spacial score (nSPS) is 20.0. The number of ether oxygens (including phenoxy) is 2. The number of amides is 1. The molecular formula is C14H18BrNO3.